The van der Waals surface area contributed by atoms with Crippen LogP contribution < -0.4 is 0 Å². The highest BCUT2D eigenvalue weighted by Gasteiger charge is 2.51. The number of esters is 2. The van der Waals surface area contributed by atoms with Gasteiger partial charge in [0.25, 0.3) is 0 Å². The van der Waals surface area contributed by atoms with Crippen LogP contribution in [0.3, 0.4) is 0 Å². The molecular weight excluding hydrogens is 286 g/mol. The number of carbonyl (C=O) groups excluding carboxylic acids is 2. The van der Waals surface area contributed by atoms with Crippen molar-refractivity contribution in [2.75, 3.05) is 13.7 Å². The highest BCUT2D eigenvalue weighted by molar-refractivity contribution is 5.76. The Balaban J connectivity index is 1.75. The van der Waals surface area contributed by atoms with Gasteiger partial charge in [0.2, 0.25) is 0 Å². The van der Waals surface area contributed by atoms with Crippen LogP contribution in [0.5, 0.6) is 0 Å². The van der Waals surface area contributed by atoms with Crippen LogP contribution in [-0.2, 0) is 23.9 Å². The number of ether oxygens (including phenoxy) is 2. The number of fused-ring (bicyclic) bond motifs is 1. The number of benzene rings is 1. The Morgan fingerprint density at radius 1 is 1.36 bits per heavy atom. The van der Waals surface area contributed by atoms with E-state index >= 15 is 0 Å². The van der Waals surface area contributed by atoms with E-state index < -0.39 is 6.10 Å². The van der Waals surface area contributed by atoms with Crippen LogP contribution in [0.25, 0.3) is 0 Å². The minimum absolute atomic E-state index is 0.0768. The molecule has 22 heavy (non-hydrogen) atoms. The van der Waals surface area contributed by atoms with Gasteiger partial charge in [-0.3, -0.25) is 14.4 Å². The zero-order valence-electron chi connectivity index (χ0n) is 12.6. The molecule has 2 aliphatic heterocycles. The van der Waals surface area contributed by atoms with Crippen LogP contribution in [0, 0.1) is 5.92 Å². The minimum Gasteiger partial charge on any atom is -0.462 e. The average Bonchev–Trinajstić information content (AvgIpc) is 2.82. The molecule has 118 valence electrons. The van der Waals surface area contributed by atoms with E-state index in [2.05, 4.69) is 0 Å². The fraction of sp³-hybridized carbons (Fsp3) is 0.500. The van der Waals surface area contributed by atoms with Crippen LogP contribution in [0.4, 0.5) is 0 Å². The number of cyclic esters (lactones) is 1. The summed E-state index contributed by atoms with van der Waals surface area (Å²) in [5.74, 6) is -1.04. The first kappa shape index (κ1) is 15.0. The van der Waals surface area contributed by atoms with Crippen molar-refractivity contribution in [2.45, 2.75) is 31.6 Å². The molecule has 6 nitrogen and oxygen atoms in total. The molecule has 0 radical (unpaired) electrons. The Kier molecular flexibility index (Phi) is 4.13. The minimum atomic E-state index is -0.444. The number of hydroxylamine groups is 2. The summed E-state index contributed by atoms with van der Waals surface area (Å²) >= 11 is 0. The quantitative estimate of drug-likeness (QED) is 0.788. The van der Waals surface area contributed by atoms with Crippen LogP contribution in [-0.4, -0.2) is 42.9 Å². The summed E-state index contributed by atoms with van der Waals surface area (Å²) in [7, 11) is 1.82. The van der Waals surface area contributed by atoms with Gasteiger partial charge in [-0.25, -0.2) is 0 Å². The second-order valence-corrected chi connectivity index (χ2v) is 5.67. The lowest BCUT2D eigenvalue weighted by molar-refractivity contribution is -0.184. The van der Waals surface area contributed by atoms with Gasteiger partial charge >= 0.3 is 11.9 Å². The van der Waals surface area contributed by atoms with E-state index in [1.807, 2.05) is 37.4 Å². The molecule has 0 unspecified atom stereocenters. The van der Waals surface area contributed by atoms with Crippen LogP contribution in [0.2, 0.25) is 0 Å². The average molecular weight is 305 g/mol. The molecule has 1 aromatic rings. The van der Waals surface area contributed by atoms with Crippen LogP contribution in [0.1, 0.15) is 24.9 Å². The van der Waals surface area contributed by atoms with E-state index in [4.69, 9.17) is 14.3 Å². The zero-order chi connectivity index (χ0) is 15.7. The Labute approximate surface area is 128 Å². The smallest absolute Gasteiger partial charge is 0.314 e. The molecule has 1 aromatic carbocycles. The highest BCUT2D eigenvalue weighted by Crippen LogP contribution is 2.43. The fourth-order valence-electron chi connectivity index (χ4n) is 3.17. The largest absolute Gasteiger partial charge is 0.462 e. The Morgan fingerprint density at radius 3 is 2.77 bits per heavy atom. The lowest BCUT2D eigenvalue weighted by Gasteiger charge is -2.30. The number of rotatable bonds is 3. The summed E-state index contributed by atoms with van der Waals surface area (Å²) in [6, 6.07) is 9.61. The van der Waals surface area contributed by atoms with Crippen LogP contribution >= 0.6 is 0 Å². The SMILES string of the molecule is CC(=O)OC[C@@H]1C[C@H]2ON(C)[C@@H](c3ccccc3)[C@H]2C(=O)O1. The number of hydrogen-bond acceptors (Lipinski definition) is 6. The molecule has 2 aliphatic rings. The van der Waals surface area contributed by atoms with Gasteiger partial charge in [-0.05, 0) is 5.56 Å². The number of hydrogen-bond donors (Lipinski definition) is 0. The number of nitrogens with zero attached hydrogens (tertiary/aromatic N) is 1. The summed E-state index contributed by atoms with van der Waals surface area (Å²) in [6.45, 7) is 1.41. The molecular formula is C16H19NO5. The van der Waals surface area contributed by atoms with E-state index in [1.54, 1.807) is 5.06 Å². The maximum Gasteiger partial charge on any atom is 0.314 e. The third-order valence-corrected chi connectivity index (χ3v) is 4.10. The van der Waals surface area contributed by atoms with E-state index in [0.717, 1.165) is 5.56 Å². The summed E-state index contributed by atoms with van der Waals surface area (Å²) < 4.78 is 10.4. The Morgan fingerprint density at radius 2 is 2.09 bits per heavy atom. The first-order chi connectivity index (χ1) is 10.6. The first-order valence-corrected chi connectivity index (χ1v) is 7.34. The molecule has 0 N–H and O–H groups in total. The van der Waals surface area contributed by atoms with E-state index in [-0.39, 0.29) is 36.6 Å². The molecule has 4 atom stereocenters. The Hall–Kier alpha value is -1.92. The topological polar surface area (TPSA) is 65.1 Å². The predicted molar refractivity (Wildman–Crippen MR) is 76.4 cm³/mol. The van der Waals surface area contributed by atoms with Crippen molar-refractivity contribution in [3.63, 3.8) is 0 Å². The molecule has 0 amide bonds. The molecule has 2 saturated heterocycles. The van der Waals surface area contributed by atoms with Crippen molar-refractivity contribution in [1.29, 1.82) is 0 Å². The van der Waals surface area contributed by atoms with Gasteiger partial charge < -0.3 is 9.47 Å². The fourth-order valence-corrected chi connectivity index (χ4v) is 3.17. The summed E-state index contributed by atoms with van der Waals surface area (Å²) in [6.07, 6.45) is -0.172. The zero-order valence-corrected chi connectivity index (χ0v) is 12.6. The van der Waals surface area contributed by atoms with Gasteiger partial charge in [0.1, 0.15) is 18.6 Å². The lowest BCUT2D eigenvalue weighted by atomic mass is 9.85. The Bertz CT molecular complexity index is 561. The molecule has 0 bridgehead atoms. The normalized spacial score (nSPS) is 31.5. The van der Waals surface area contributed by atoms with Gasteiger partial charge in [-0.1, -0.05) is 30.3 Å². The molecule has 3 rings (SSSR count). The van der Waals surface area contributed by atoms with Gasteiger partial charge in [0.15, 0.2) is 0 Å². The lowest BCUT2D eigenvalue weighted by Crippen LogP contribution is -2.42. The van der Waals surface area contributed by atoms with Crippen molar-refractivity contribution in [3.05, 3.63) is 35.9 Å². The number of carbonyl (C=O) groups is 2. The molecule has 2 heterocycles. The predicted octanol–water partition coefficient (Wildman–Crippen LogP) is 1.47. The van der Waals surface area contributed by atoms with Crippen molar-refractivity contribution in [3.8, 4) is 0 Å². The van der Waals surface area contributed by atoms with Gasteiger partial charge in [0.05, 0.1) is 12.1 Å². The summed E-state index contributed by atoms with van der Waals surface area (Å²) in [5.41, 5.74) is 1.02. The van der Waals surface area contributed by atoms with E-state index in [9.17, 15) is 9.59 Å². The third kappa shape index (κ3) is 2.84. The molecule has 0 saturated carbocycles. The third-order valence-electron chi connectivity index (χ3n) is 4.10. The highest BCUT2D eigenvalue weighted by atomic mass is 16.7. The van der Waals surface area contributed by atoms with Gasteiger partial charge in [0, 0.05) is 20.4 Å². The van der Waals surface area contributed by atoms with Crippen LogP contribution in [0.15, 0.2) is 30.3 Å². The molecule has 0 spiro atoms. The summed E-state index contributed by atoms with van der Waals surface area (Å²) in [4.78, 5) is 29.1. The van der Waals surface area contributed by atoms with Crippen molar-refractivity contribution < 1.29 is 23.9 Å². The molecule has 0 aromatic heterocycles. The van der Waals surface area contributed by atoms with Gasteiger partial charge in [-0.15, -0.1) is 0 Å². The monoisotopic (exact) mass is 305 g/mol. The van der Waals surface area contributed by atoms with Crippen molar-refractivity contribution in [1.82, 2.24) is 5.06 Å². The molecule has 0 aliphatic carbocycles. The molecule has 2 fully saturated rings. The second kappa shape index (κ2) is 6.06. The maximum atomic E-state index is 12.4. The maximum absolute atomic E-state index is 12.4. The van der Waals surface area contributed by atoms with Crippen molar-refractivity contribution in [2.24, 2.45) is 5.92 Å². The second-order valence-electron chi connectivity index (χ2n) is 5.67. The first-order valence-electron chi connectivity index (χ1n) is 7.34. The van der Waals surface area contributed by atoms with E-state index in [0.29, 0.717) is 6.42 Å². The summed E-state index contributed by atoms with van der Waals surface area (Å²) in [5, 5.41) is 1.72. The van der Waals surface area contributed by atoms with Crippen molar-refractivity contribution >= 4 is 11.9 Å². The molecule has 6 heteroatoms. The van der Waals surface area contributed by atoms with E-state index in [1.165, 1.54) is 6.92 Å². The standard InChI is InChI=1S/C16H19NO5/c1-10(18)20-9-12-8-13-14(16(19)21-12)15(17(2)22-13)11-6-4-3-5-7-11/h3-7,12-15H,8-9H2,1-2H3/t12-,13+,14-,15-/m0/s1. The van der Waals surface area contributed by atoms with Gasteiger partial charge in [-0.2, -0.15) is 5.06 Å².